The molecule has 0 aliphatic heterocycles. The van der Waals surface area contributed by atoms with Crippen molar-refractivity contribution in [3.05, 3.63) is 22.9 Å². The molecule has 19 heavy (non-hydrogen) atoms. The molecule has 0 saturated heterocycles. The summed E-state index contributed by atoms with van der Waals surface area (Å²) in [6, 6.07) is 4.04. The third-order valence-corrected chi connectivity index (χ3v) is 3.47. The van der Waals surface area contributed by atoms with Crippen LogP contribution in [0.3, 0.4) is 0 Å². The third-order valence-electron chi connectivity index (χ3n) is 2.84. The molecule has 0 fully saturated rings. The predicted octanol–water partition coefficient (Wildman–Crippen LogP) is 7.70. The molecule has 1 rings (SSSR count). The number of unbranched alkanes of at least 4 members (excludes halogenated alkanes) is 8. The minimum absolute atomic E-state index is 1.36. The maximum atomic E-state index is 2.25. The van der Waals surface area contributed by atoms with E-state index in [1.54, 1.807) is 11.3 Å². The zero-order chi connectivity index (χ0) is 14.6. The van der Waals surface area contributed by atoms with Crippen LogP contribution in [0.1, 0.15) is 91.9 Å². The van der Waals surface area contributed by atoms with Gasteiger partial charge in [-0.15, -0.1) is 0 Å². The first kappa shape index (κ1) is 21.0. The van der Waals surface area contributed by atoms with Crippen LogP contribution in [-0.2, 0) is 0 Å². The van der Waals surface area contributed by atoms with Crippen LogP contribution in [0.25, 0.3) is 0 Å². The summed E-state index contributed by atoms with van der Waals surface area (Å²) < 4.78 is 0. The molecule has 0 aromatic carbocycles. The zero-order valence-corrected chi connectivity index (χ0v) is 14.6. The van der Waals surface area contributed by atoms with E-state index in [1.807, 2.05) is 22.9 Å². The molecule has 0 nitrogen and oxygen atoms in total. The van der Waals surface area contributed by atoms with Gasteiger partial charge in [0.05, 0.1) is 0 Å². The summed E-state index contributed by atoms with van der Waals surface area (Å²) in [7, 11) is 0. The molecule has 0 bridgehead atoms. The second-order valence-corrected chi connectivity index (χ2v) is 5.73. The van der Waals surface area contributed by atoms with Crippen LogP contribution < -0.4 is 0 Å². The van der Waals surface area contributed by atoms with Crippen molar-refractivity contribution in [3.8, 4) is 0 Å². The van der Waals surface area contributed by atoms with Crippen molar-refractivity contribution in [1.82, 2.24) is 0 Å². The van der Waals surface area contributed by atoms with Crippen LogP contribution in [0.4, 0.5) is 0 Å². The van der Waals surface area contributed by atoms with Gasteiger partial charge in [-0.05, 0) is 10.8 Å². The number of hydrogen-bond acceptors (Lipinski definition) is 1. The van der Waals surface area contributed by atoms with Crippen molar-refractivity contribution in [2.75, 3.05) is 0 Å². The van der Waals surface area contributed by atoms with Crippen LogP contribution in [0.2, 0.25) is 0 Å². The minimum atomic E-state index is 1.36. The lowest BCUT2D eigenvalue weighted by molar-refractivity contribution is 0.656. The molecule has 0 radical (unpaired) electrons. The van der Waals surface area contributed by atoms with Gasteiger partial charge in [0.15, 0.2) is 0 Å². The number of thiophene rings is 1. The minimum Gasteiger partial charge on any atom is -0.152 e. The second kappa shape index (κ2) is 22.8. The van der Waals surface area contributed by atoms with E-state index in [-0.39, 0.29) is 0 Å². The quantitative estimate of drug-likeness (QED) is 0.429. The van der Waals surface area contributed by atoms with E-state index in [0.29, 0.717) is 0 Å². The lowest BCUT2D eigenvalue weighted by Gasteiger charge is -1.90. The molecule has 1 aromatic heterocycles. The predicted molar refractivity (Wildman–Crippen MR) is 93.2 cm³/mol. The molecule has 0 aliphatic carbocycles. The fraction of sp³-hybridized carbons (Fsp3) is 0.778. The van der Waals surface area contributed by atoms with E-state index in [1.165, 1.54) is 64.2 Å². The van der Waals surface area contributed by atoms with Crippen LogP contribution >= 0.6 is 11.3 Å². The first-order valence-electron chi connectivity index (χ1n) is 8.30. The monoisotopic (exact) mass is 284 g/mol. The highest BCUT2D eigenvalue weighted by atomic mass is 32.1. The van der Waals surface area contributed by atoms with Gasteiger partial charge < -0.3 is 0 Å². The highest BCUT2D eigenvalue weighted by molar-refractivity contribution is 7.07. The summed E-state index contributed by atoms with van der Waals surface area (Å²) in [5, 5.41) is 4.08. The Labute approximate surface area is 126 Å². The Balaban J connectivity index is 0. The normalized spacial score (nSPS) is 9.05. The van der Waals surface area contributed by atoms with Crippen molar-refractivity contribution in [3.63, 3.8) is 0 Å². The summed E-state index contributed by atoms with van der Waals surface area (Å²) in [6.45, 7) is 8.98. The fourth-order valence-corrected chi connectivity index (χ4v) is 2.03. The largest absolute Gasteiger partial charge is 0.152 e. The average molecular weight is 285 g/mol. The Morgan fingerprint density at radius 2 is 0.842 bits per heavy atom. The summed E-state index contributed by atoms with van der Waals surface area (Å²) in [6.07, 6.45) is 14.0. The smallest absolute Gasteiger partial charge is 0.00934 e. The third kappa shape index (κ3) is 27.0. The van der Waals surface area contributed by atoms with Gasteiger partial charge in [0, 0.05) is 0 Å². The van der Waals surface area contributed by atoms with Gasteiger partial charge in [-0.25, -0.2) is 0 Å². The van der Waals surface area contributed by atoms with E-state index in [0.717, 1.165) is 0 Å². The van der Waals surface area contributed by atoms with E-state index in [4.69, 9.17) is 0 Å². The fourth-order valence-electron chi connectivity index (χ4n) is 1.58. The molecule has 0 saturated carbocycles. The lowest BCUT2D eigenvalue weighted by atomic mass is 10.2. The van der Waals surface area contributed by atoms with E-state index >= 15 is 0 Å². The molecule has 0 unspecified atom stereocenters. The van der Waals surface area contributed by atoms with Crippen molar-refractivity contribution in [2.45, 2.75) is 91.9 Å². The van der Waals surface area contributed by atoms with E-state index < -0.39 is 0 Å². The lowest BCUT2D eigenvalue weighted by Crippen LogP contribution is -1.70. The molecule has 0 amide bonds. The van der Waals surface area contributed by atoms with Crippen molar-refractivity contribution in [1.29, 1.82) is 0 Å². The molecule has 0 N–H and O–H groups in total. The first-order chi connectivity index (χ1) is 9.33. The van der Waals surface area contributed by atoms with Crippen LogP contribution in [0.15, 0.2) is 22.9 Å². The van der Waals surface area contributed by atoms with Crippen LogP contribution in [-0.4, -0.2) is 0 Å². The second-order valence-electron chi connectivity index (χ2n) is 4.91. The maximum Gasteiger partial charge on any atom is -0.00934 e. The Kier molecular flexibility index (Phi) is 25.3. The Hall–Kier alpha value is -0.300. The first-order valence-corrected chi connectivity index (χ1v) is 9.24. The van der Waals surface area contributed by atoms with Gasteiger partial charge in [-0.1, -0.05) is 104 Å². The summed E-state index contributed by atoms with van der Waals surface area (Å²) in [5.74, 6) is 0. The molecule has 1 heterocycles. The molecule has 114 valence electrons. The Morgan fingerprint density at radius 1 is 0.526 bits per heavy atom. The summed E-state index contributed by atoms with van der Waals surface area (Å²) in [4.78, 5) is 0. The van der Waals surface area contributed by atoms with Gasteiger partial charge >= 0.3 is 0 Å². The zero-order valence-electron chi connectivity index (χ0n) is 13.8. The van der Waals surface area contributed by atoms with E-state index in [2.05, 4.69) is 27.7 Å². The molecule has 1 aromatic rings. The SMILES string of the molecule is CCCCCCC.CCCCCCC.c1ccsc1. The highest BCUT2D eigenvalue weighted by Gasteiger charge is 1.80. The molecule has 0 spiro atoms. The van der Waals surface area contributed by atoms with Gasteiger partial charge in [0.2, 0.25) is 0 Å². The Bertz CT molecular complexity index is 156. The van der Waals surface area contributed by atoms with Crippen LogP contribution in [0.5, 0.6) is 0 Å². The van der Waals surface area contributed by atoms with Crippen molar-refractivity contribution in [2.24, 2.45) is 0 Å². The molecular weight excluding hydrogens is 248 g/mol. The Morgan fingerprint density at radius 3 is 1.00 bits per heavy atom. The van der Waals surface area contributed by atoms with Gasteiger partial charge in [0.25, 0.3) is 0 Å². The molecule has 0 aliphatic rings. The molecular formula is C18H36S. The van der Waals surface area contributed by atoms with Gasteiger partial charge in [-0.2, -0.15) is 11.3 Å². The van der Waals surface area contributed by atoms with Crippen molar-refractivity contribution >= 4 is 11.3 Å². The summed E-state index contributed by atoms with van der Waals surface area (Å²) in [5.41, 5.74) is 0. The van der Waals surface area contributed by atoms with Crippen LogP contribution in [0, 0.1) is 0 Å². The highest BCUT2D eigenvalue weighted by Crippen LogP contribution is 2.00. The van der Waals surface area contributed by atoms with Crippen molar-refractivity contribution < 1.29 is 0 Å². The maximum absolute atomic E-state index is 2.25. The molecule has 1 heteroatoms. The average Bonchev–Trinajstić information content (AvgIpc) is 3.00. The topological polar surface area (TPSA) is 0 Å². The number of hydrogen-bond donors (Lipinski definition) is 0. The van der Waals surface area contributed by atoms with Gasteiger partial charge in [0.1, 0.15) is 0 Å². The standard InChI is InChI=1S/2C7H16.C4H4S/c2*1-3-5-7-6-4-2;1-2-4-5-3-1/h2*3-7H2,1-2H3;1-4H. The van der Waals surface area contributed by atoms with Gasteiger partial charge in [-0.3, -0.25) is 0 Å². The van der Waals surface area contributed by atoms with E-state index in [9.17, 15) is 0 Å². The number of rotatable bonds is 8. The molecule has 0 atom stereocenters. The summed E-state index contributed by atoms with van der Waals surface area (Å²) >= 11 is 1.71.